The highest BCUT2D eigenvalue weighted by atomic mass is 32.2. The molecular weight excluding hydrogens is 596 g/mol. The van der Waals surface area contributed by atoms with Crippen molar-refractivity contribution in [3.8, 4) is 5.75 Å². The lowest BCUT2D eigenvalue weighted by molar-refractivity contribution is -0.0122. The van der Waals surface area contributed by atoms with Gasteiger partial charge >= 0.3 is 6.03 Å². The van der Waals surface area contributed by atoms with Crippen LogP contribution in [0.3, 0.4) is 0 Å². The Kier molecular flexibility index (Phi) is 13.1. The largest absolute Gasteiger partial charge is 0.490 e. The van der Waals surface area contributed by atoms with Crippen LogP contribution in [-0.2, 0) is 14.8 Å². The Morgan fingerprint density at radius 1 is 1.11 bits per heavy atom. The molecule has 0 fully saturated rings. The average molecular weight is 647 g/mol. The molecule has 1 heterocycles. The quantitative estimate of drug-likeness (QED) is 0.380. The summed E-state index contributed by atoms with van der Waals surface area (Å²) in [6.07, 6.45) is 1.74. The topological polar surface area (TPSA) is 138 Å². The van der Waals surface area contributed by atoms with Gasteiger partial charge in [-0.1, -0.05) is 24.6 Å². The number of benzene rings is 2. The number of rotatable bonds is 8. The van der Waals surface area contributed by atoms with E-state index in [9.17, 15) is 23.1 Å². The summed E-state index contributed by atoms with van der Waals surface area (Å²) in [7, 11) is -2.21. The number of nitrogens with zero attached hydrogens (tertiary/aromatic N) is 2. The summed E-state index contributed by atoms with van der Waals surface area (Å²) in [6.45, 7) is 12.0. The number of aryl methyl sites for hydroxylation is 1. The summed E-state index contributed by atoms with van der Waals surface area (Å²) in [5, 5.41) is 13.1. The smallest absolute Gasteiger partial charge is 0.317 e. The number of ether oxygens (including phenoxy) is 2. The Morgan fingerprint density at radius 2 is 1.80 bits per heavy atom. The molecule has 1 aliphatic rings. The second-order valence-electron chi connectivity index (χ2n) is 12.4. The van der Waals surface area contributed by atoms with Gasteiger partial charge < -0.3 is 29.7 Å². The predicted octanol–water partition coefficient (Wildman–Crippen LogP) is 4.64. The van der Waals surface area contributed by atoms with Gasteiger partial charge in [-0.15, -0.1) is 0 Å². The van der Waals surface area contributed by atoms with Crippen LogP contribution in [0.4, 0.5) is 10.5 Å². The van der Waals surface area contributed by atoms with Gasteiger partial charge in [0.2, 0.25) is 0 Å². The molecule has 3 N–H and O–H groups in total. The summed E-state index contributed by atoms with van der Waals surface area (Å²) < 4.78 is 41.5. The van der Waals surface area contributed by atoms with Gasteiger partial charge in [0.1, 0.15) is 5.75 Å². The van der Waals surface area contributed by atoms with Gasteiger partial charge in [-0.3, -0.25) is 9.52 Å². The standard InChI is InChI=1S/C33H50N4O7S/c1-22(2)34-33(40)36(7)20-31-24(4)19-37(25(5)21-38)32(39)29-18-27(35-45(41,42)28-14-11-23(3)12-15-28)13-16-30(29)44-26(6)10-8-9-17-43-31/h11-16,18,22,24-26,31,35,38H,8-10,17,19-21H2,1-7H3,(H,34,40)/t24-,25+,26-,31+/m0/s1. The molecule has 0 aromatic heterocycles. The number of aliphatic hydroxyl groups excluding tert-OH is 1. The van der Waals surface area contributed by atoms with Crippen molar-refractivity contribution < 1.29 is 32.6 Å². The van der Waals surface area contributed by atoms with E-state index in [1.54, 1.807) is 48.0 Å². The van der Waals surface area contributed by atoms with E-state index in [1.807, 2.05) is 34.6 Å². The first-order valence-corrected chi connectivity index (χ1v) is 17.1. The molecule has 0 aliphatic carbocycles. The molecule has 4 atom stereocenters. The number of hydrogen-bond acceptors (Lipinski definition) is 7. The maximum Gasteiger partial charge on any atom is 0.317 e. The Labute approximate surface area is 268 Å². The van der Waals surface area contributed by atoms with Crippen LogP contribution in [0.2, 0.25) is 0 Å². The fourth-order valence-electron chi connectivity index (χ4n) is 5.09. The van der Waals surface area contributed by atoms with Crippen molar-refractivity contribution in [3.05, 3.63) is 53.6 Å². The number of amides is 3. The second-order valence-corrected chi connectivity index (χ2v) is 14.1. The zero-order valence-corrected chi connectivity index (χ0v) is 28.4. The molecule has 2 aromatic carbocycles. The van der Waals surface area contributed by atoms with Crippen LogP contribution in [0, 0.1) is 12.8 Å². The molecular formula is C33H50N4O7S. The molecule has 2 aromatic rings. The molecule has 3 amide bonds. The predicted molar refractivity (Wildman–Crippen MR) is 175 cm³/mol. The van der Waals surface area contributed by atoms with Crippen molar-refractivity contribution in [3.63, 3.8) is 0 Å². The summed E-state index contributed by atoms with van der Waals surface area (Å²) in [6, 6.07) is 10.4. The van der Waals surface area contributed by atoms with Crippen LogP contribution < -0.4 is 14.8 Å². The van der Waals surface area contributed by atoms with Crippen molar-refractivity contribution >= 4 is 27.6 Å². The second kappa shape index (κ2) is 16.3. The van der Waals surface area contributed by atoms with Crippen molar-refractivity contribution in [1.29, 1.82) is 0 Å². The summed E-state index contributed by atoms with van der Waals surface area (Å²) >= 11 is 0. The Hall–Kier alpha value is -3.35. The normalized spacial score (nSPS) is 20.9. The third kappa shape index (κ3) is 10.3. The minimum atomic E-state index is -3.92. The molecule has 45 heavy (non-hydrogen) atoms. The Morgan fingerprint density at radius 3 is 2.44 bits per heavy atom. The van der Waals surface area contributed by atoms with Crippen molar-refractivity contribution in [2.24, 2.45) is 5.92 Å². The van der Waals surface area contributed by atoms with Crippen molar-refractivity contribution in [1.82, 2.24) is 15.1 Å². The molecule has 0 saturated heterocycles. The minimum Gasteiger partial charge on any atom is -0.490 e. The van der Waals surface area contributed by atoms with Gasteiger partial charge in [-0.05, 0) is 84.2 Å². The van der Waals surface area contributed by atoms with Crippen LogP contribution in [0.15, 0.2) is 47.4 Å². The van der Waals surface area contributed by atoms with Crippen molar-refractivity contribution in [2.45, 2.75) is 90.0 Å². The van der Waals surface area contributed by atoms with Crippen molar-refractivity contribution in [2.75, 3.05) is 38.1 Å². The van der Waals surface area contributed by atoms with E-state index >= 15 is 0 Å². The Bertz CT molecular complexity index is 1380. The van der Waals surface area contributed by atoms with E-state index in [2.05, 4.69) is 10.0 Å². The lowest BCUT2D eigenvalue weighted by Crippen LogP contribution is -2.49. The van der Waals surface area contributed by atoms with Gasteiger partial charge in [-0.25, -0.2) is 13.2 Å². The molecule has 3 rings (SSSR count). The van der Waals surface area contributed by atoms with Crippen LogP contribution in [0.1, 0.15) is 69.8 Å². The SMILES string of the molecule is Cc1ccc(S(=O)(=O)Nc2ccc3c(c2)C(=O)N([C@H](C)CO)C[C@H](C)[C@@H](CN(C)C(=O)NC(C)C)OCCCC[C@H](C)O3)cc1. The van der Waals surface area contributed by atoms with Crippen LogP contribution in [0.25, 0.3) is 0 Å². The van der Waals surface area contributed by atoms with Gasteiger partial charge in [0, 0.05) is 44.4 Å². The van der Waals surface area contributed by atoms with E-state index in [0.717, 1.165) is 18.4 Å². The number of nitrogens with one attached hydrogen (secondary N) is 2. The molecule has 0 radical (unpaired) electrons. The number of likely N-dealkylation sites (N-methyl/N-ethyl adjacent to an activating group) is 1. The van der Waals surface area contributed by atoms with E-state index in [4.69, 9.17) is 9.47 Å². The third-order valence-electron chi connectivity index (χ3n) is 7.85. The third-order valence-corrected chi connectivity index (χ3v) is 9.24. The summed E-state index contributed by atoms with van der Waals surface area (Å²) in [5.41, 5.74) is 1.33. The summed E-state index contributed by atoms with van der Waals surface area (Å²) in [4.78, 5) is 30.2. The maximum atomic E-state index is 14.3. The first-order valence-electron chi connectivity index (χ1n) is 15.7. The molecule has 0 spiro atoms. The highest BCUT2D eigenvalue weighted by Crippen LogP contribution is 2.29. The van der Waals surface area contributed by atoms with Gasteiger partial charge in [0.25, 0.3) is 15.9 Å². The number of aliphatic hydroxyl groups is 1. The van der Waals surface area contributed by atoms with Gasteiger partial charge in [0.15, 0.2) is 0 Å². The molecule has 12 heteroatoms. The van der Waals surface area contributed by atoms with E-state index in [-0.39, 0.29) is 59.5 Å². The number of anilines is 1. The highest BCUT2D eigenvalue weighted by molar-refractivity contribution is 7.92. The lowest BCUT2D eigenvalue weighted by Gasteiger charge is -2.36. The molecule has 250 valence electrons. The van der Waals surface area contributed by atoms with Crippen LogP contribution in [-0.4, -0.2) is 92.9 Å². The highest BCUT2D eigenvalue weighted by Gasteiger charge is 2.31. The van der Waals surface area contributed by atoms with Gasteiger partial charge in [0.05, 0.1) is 35.3 Å². The zero-order chi connectivity index (χ0) is 33.3. The van der Waals surface area contributed by atoms with E-state index in [0.29, 0.717) is 25.3 Å². The van der Waals surface area contributed by atoms with Gasteiger partial charge in [-0.2, -0.15) is 0 Å². The van der Waals surface area contributed by atoms with Crippen LogP contribution in [0.5, 0.6) is 5.75 Å². The number of fused-ring (bicyclic) bond motifs is 1. The monoisotopic (exact) mass is 646 g/mol. The summed E-state index contributed by atoms with van der Waals surface area (Å²) in [5.74, 6) is -0.293. The Balaban J connectivity index is 1.98. The minimum absolute atomic E-state index is 0.0173. The number of sulfonamides is 1. The van der Waals surface area contributed by atoms with Crippen LogP contribution >= 0.6 is 0 Å². The fourth-order valence-corrected chi connectivity index (χ4v) is 6.14. The number of carbonyl (C=O) groups is 2. The first kappa shape index (κ1) is 36.1. The molecule has 0 unspecified atom stereocenters. The number of carbonyl (C=O) groups excluding carboxylic acids is 2. The molecule has 11 nitrogen and oxygen atoms in total. The molecule has 0 bridgehead atoms. The zero-order valence-electron chi connectivity index (χ0n) is 27.6. The molecule has 1 aliphatic heterocycles. The average Bonchev–Trinajstić information content (AvgIpc) is 2.98. The fraction of sp³-hybridized carbons (Fsp3) is 0.576. The van der Waals surface area contributed by atoms with E-state index in [1.165, 1.54) is 18.2 Å². The number of urea groups is 1. The lowest BCUT2D eigenvalue weighted by atomic mass is 10.0. The van der Waals surface area contributed by atoms with E-state index < -0.39 is 22.0 Å². The maximum absolute atomic E-state index is 14.3. The first-order chi connectivity index (χ1) is 21.2. The molecule has 0 saturated carbocycles. The number of hydrogen-bond donors (Lipinski definition) is 3.